The van der Waals surface area contributed by atoms with E-state index < -0.39 is 17.7 Å². The average Bonchev–Trinajstić information content (AvgIpc) is 3.14. The molecule has 2 N–H and O–H groups in total. The molecule has 6 nitrogen and oxygen atoms in total. The number of benzene rings is 1. The van der Waals surface area contributed by atoms with E-state index in [-0.39, 0.29) is 23.3 Å². The van der Waals surface area contributed by atoms with E-state index in [4.69, 9.17) is 5.11 Å². The second-order valence-corrected chi connectivity index (χ2v) is 9.89. The number of pyridine rings is 1. The number of carbonyl (C=O) groups excluding carboxylic acids is 1. The maximum Gasteiger partial charge on any atom is 0.416 e. The lowest BCUT2D eigenvalue weighted by Gasteiger charge is -2.56. The van der Waals surface area contributed by atoms with Crippen molar-refractivity contribution in [2.45, 2.75) is 57.8 Å². The van der Waals surface area contributed by atoms with Gasteiger partial charge in [-0.15, -0.1) is 0 Å². The second-order valence-electron chi connectivity index (χ2n) is 9.89. The third kappa shape index (κ3) is 4.28. The molecule has 0 bridgehead atoms. The molecule has 0 atom stereocenters. The number of hydrogen-bond acceptors (Lipinski definition) is 3. The maximum absolute atomic E-state index is 13.3. The van der Waals surface area contributed by atoms with Crippen LogP contribution in [0.3, 0.4) is 0 Å². The van der Waals surface area contributed by atoms with Crippen LogP contribution in [0.1, 0.15) is 59.7 Å². The maximum atomic E-state index is 13.3. The monoisotopic (exact) mass is 485 g/mol. The predicted molar refractivity (Wildman–Crippen MR) is 123 cm³/mol. The van der Waals surface area contributed by atoms with Crippen molar-refractivity contribution in [3.63, 3.8) is 0 Å². The fourth-order valence-electron chi connectivity index (χ4n) is 5.72. The van der Waals surface area contributed by atoms with E-state index in [2.05, 4.69) is 10.3 Å². The van der Waals surface area contributed by atoms with Crippen LogP contribution >= 0.6 is 0 Å². The Bertz CT molecular complexity index is 1280. The number of nitrogens with one attached hydrogen (secondary N) is 1. The van der Waals surface area contributed by atoms with Gasteiger partial charge in [-0.05, 0) is 73.8 Å². The SMILES string of the molecule is CCn1cc(C(=O)NC2CC3(C2)CC(C(=O)O)C3)c2c(Cc3ccc(C(F)(F)F)cc3)ccnc21. The summed E-state index contributed by atoms with van der Waals surface area (Å²) < 4.78 is 40.7. The number of rotatable bonds is 6. The number of halogens is 3. The molecule has 2 saturated carbocycles. The van der Waals surface area contributed by atoms with E-state index >= 15 is 0 Å². The highest BCUT2D eigenvalue weighted by Crippen LogP contribution is 2.58. The third-order valence-electron chi connectivity index (χ3n) is 7.51. The molecule has 5 rings (SSSR count). The zero-order chi connectivity index (χ0) is 25.0. The van der Waals surface area contributed by atoms with E-state index in [0.717, 1.165) is 30.5 Å². The molecule has 0 radical (unpaired) electrons. The molecule has 0 aliphatic heterocycles. The number of alkyl halides is 3. The van der Waals surface area contributed by atoms with Gasteiger partial charge in [-0.1, -0.05) is 12.1 Å². The molecule has 2 aromatic heterocycles. The number of carbonyl (C=O) groups is 2. The van der Waals surface area contributed by atoms with E-state index in [1.807, 2.05) is 11.5 Å². The van der Waals surface area contributed by atoms with Gasteiger partial charge >= 0.3 is 12.1 Å². The summed E-state index contributed by atoms with van der Waals surface area (Å²) in [5.74, 6) is -1.23. The zero-order valence-corrected chi connectivity index (χ0v) is 19.2. The molecule has 0 unspecified atom stereocenters. The predicted octanol–water partition coefficient (Wildman–Crippen LogP) is 5.04. The summed E-state index contributed by atoms with van der Waals surface area (Å²) in [6.45, 7) is 2.57. The molecule has 2 aliphatic rings. The van der Waals surface area contributed by atoms with Gasteiger partial charge < -0.3 is 15.0 Å². The largest absolute Gasteiger partial charge is 0.481 e. The summed E-state index contributed by atoms with van der Waals surface area (Å²) in [5.41, 5.74) is 2.04. The smallest absolute Gasteiger partial charge is 0.416 e. The van der Waals surface area contributed by atoms with Gasteiger partial charge in [-0.2, -0.15) is 13.2 Å². The van der Waals surface area contributed by atoms with E-state index in [0.29, 0.717) is 48.0 Å². The van der Waals surface area contributed by atoms with Crippen LogP contribution < -0.4 is 5.32 Å². The van der Waals surface area contributed by atoms with Crippen molar-refractivity contribution in [2.24, 2.45) is 11.3 Å². The molecule has 35 heavy (non-hydrogen) atoms. The van der Waals surface area contributed by atoms with Gasteiger partial charge in [0.25, 0.3) is 5.91 Å². The third-order valence-corrected chi connectivity index (χ3v) is 7.51. The molecule has 1 amide bonds. The van der Waals surface area contributed by atoms with Crippen LogP contribution in [0, 0.1) is 11.3 Å². The molecule has 0 saturated heterocycles. The fourth-order valence-corrected chi connectivity index (χ4v) is 5.72. The van der Waals surface area contributed by atoms with Crippen molar-refractivity contribution < 1.29 is 27.9 Å². The van der Waals surface area contributed by atoms with E-state index in [9.17, 15) is 22.8 Å². The van der Waals surface area contributed by atoms with Gasteiger partial charge in [0.1, 0.15) is 5.65 Å². The van der Waals surface area contributed by atoms with Crippen molar-refractivity contribution in [2.75, 3.05) is 0 Å². The van der Waals surface area contributed by atoms with Gasteiger partial charge in [0, 0.05) is 30.4 Å². The van der Waals surface area contributed by atoms with Crippen molar-refractivity contribution in [3.8, 4) is 0 Å². The first-order valence-corrected chi connectivity index (χ1v) is 11.7. The number of carboxylic acids is 1. The minimum atomic E-state index is -4.39. The van der Waals surface area contributed by atoms with Crippen LogP contribution in [0.4, 0.5) is 13.2 Å². The lowest BCUT2D eigenvalue weighted by molar-refractivity contribution is -0.155. The second kappa shape index (κ2) is 8.39. The Kier molecular flexibility index (Phi) is 5.61. The van der Waals surface area contributed by atoms with Gasteiger partial charge in [-0.25, -0.2) is 4.98 Å². The van der Waals surface area contributed by atoms with Crippen LogP contribution in [0.15, 0.2) is 42.7 Å². The lowest BCUT2D eigenvalue weighted by Crippen LogP contribution is -2.57. The standard InChI is InChI=1S/C26H26F3N3O3/c1-2-32-14-20(23(33)31-19-12-25(13-19)10-17(11-25)24(34)35)21-16(7-8-30-22(21)32)9-15-3-5-18(6-4-15)26(27,28)29/h3-8,14,17,19H,2,9-13H2,1H3,(H,31,33)(H,34,35). The normalized spacial score (nSPS) is 23.7. The minimum Gasteiger partial charge on any atom is -0.481 e. The van der Waals surface area contributed by atoms with Crippen molar-refractivity contribution >= 4 is 22.9 Å². The zero-order valence-electron chi connectivity index (χ0n) is 19.2. The number of nitrogens with zero attached hydrogens (tertiary/aromatic N) is 2. The Morgan fingerprint density at radius 1 is 1.14 bits per heavy atom. The van der Waals surface area contributed by atoms with E-state index in [1.165, 1.54) is 12.1 Å². The molecule has 2 fully saturated rings. The minimum absolute atomic E-state index is 0.00676. The number of aliphatic carboxylic acids is 1. The molecular weight excluding hydrogens is 459 g/mol. The highest BCUT2D eigenvalue weighted by Gasteiger charge is 2.55. The highest BCUT2D eigenvalue weighted by molar-refractivity contribution is 6.07. The van der Waals surface area contributed by atoms with Crippen LogP contribution in [-0.4, -0.2) is 32.6 Å². The number of fused-ring (bicyclic) bond motifs is 1. The molecule has 184 valence electrons. The van der Waals surface area contributed by atoms with Crippen LogP contribution in [0.5, 0.6) is 0 Å². The molecule has 1 spiro atoms. The first-order chi connectivity index (χ1) is 16.6. The topological polar surface area (TPSA) is 84.2 Å². The molecule has 1 aromatic carbocycles. The Morgan fingerprint density at radius 2 is 1.83 bits per heavy atom. The first-order valence-electron chi connectivity index (χ1n) is 11.7. The quantitative estimate of drug-likeness (QED) is 0.513. The molecule has 3 aromatic rings. The van der Waals surface area contributed by atoms with Gasteiger partial charge in [-0.3, -0.25) is 9.59 Å². The lowest BCUT2D eigenvalue weighted by atomic mass is 9.50. The van der Waals surface area contributed by atoms with Crippen molar-refractivity contribution in [1.29, 1.82) is 0 Å². The summed E-state index contributed by atoms with van der Waals surface area (Å²) >= 11 is 0. The summed E-state index contributed by atoms with van der Waals surface area (Å²) in [6.07, 6.45) is 2.32. The van der Waals surface area contributed by atoms with E-state index in [1.54, 1.807) is 18.5 Å². The van der Waals surface area contributed by atoms with Crippen LogP contribution in [0.2, 0.25) is 0 Å². The Morgan fingerprint density at radius 3 is 2.43 bits per heavy atom. The summed E-state index contributed by atoms with van der Waals surface area (Å²) in [5, 5.41) is 12.9. The summed E-state index contributed by atoms with van der Waals surface area (Å²) in [4.78, 5) is 28.8. The highest BCUT2D eigenvalue weighted by atomic mass is 19.4. The molecule has 2 heterocycles. The van der Waals surface area contributed by atoms with Crippen molar-refractivity contribution in [1.82, 2.24) is 14.9 Å². The number of carboxylic acid groups (broad SMARTS) is 1. The van der Waals surface area contributed by atoms with Crippen molar-refractivity contribution in [3.05, 3.63) is 65.0 Å². The molecule has 2 aliphatic carbocycles. The first kappa shape index (κ1) is 23.4. The number of amides is 1. The van der Waals surface area contributed by atoms with Crippen LogP contribution in [0.25, 0.3) is 11.0 Å². The Hall–Kier alpha value is -3.36. The van der Waals surface area contributed by atoms with Gasteiger partial charge in [0.05, 0.1) is 17.0 Å². The van der Waals surface area contributed by atoms with Gasteiger partial charge in [0.2, 0.25) is 0 Å². The Balaban J connectivity index is 1.36. The number of aryl methyl sites for hydroxylation is 1. The summed E-state index contributed by atoms with van der Waals surface area (Å²) in [7, 11) is 0. The molecule has 9 heteroatoms. The average molecular weight is 486 g/mol. The number of aromatic nitrogens is 2. The fraction of sp³-hybridized carbons (Fsp3) is 0.423. The van der Waals surface area contributed by atoms with Crippen LogP contribution in [-0.2, 0) is 23.9 Å². The number of hydrogen-bond donors (Lipinski definition) is 2. The molecular formula is C26H26F3N3O3. The van der Waals surface area contributed by atoms with Gasteiger partial charge in [0.15, 0.2) is 0 Å². The summed E-state index contributed by atoms with van der Waals surface area (Å²) in [6, 6.07) is 6.87. The Labute approximate surface area is 200 Å².